The number of carbonyl (C=O) groups is 1. The molecule has 2 aliphatic rings. The third-order valence-electron chi connectivity index (χ3n) is 6.20. The number of hydrogen-bond acceptors (Lipinski definition) is 7. The van der Waals surface area contributed by atoms with Crippen molar-refractivity contribution in [3.63, 3.8) is 0 Å². The standard InChI is InChI=1S/C25H26FN5O2S/c26-18-4-3-16-11-15(1-2-17(16)12-18)14-28-19-5-7-20(8-6-19)29-24-27-10-9-21(30-24)13-22-23(32)31-25(33)34-22/h1-4,9-13,19-20,25,28,33H,5-8,14H2,(H,31,32)(H,27,29,30)/b22-13-/t19-,20-,25?. The van der Waals surface area contributed by atoms with Crippen molar-refractivity contribution in [1.82, 2.24) is 20.6 Å². The number of aromatic nitrogens is 2. The van der Waals surface area contributed by atoms with Gasteiger partial charge in [-0.2, -0.15) is 0 Å². The number of hydrogen-bond donors (Lipinski definition) is 4. The van der Waals surface area contributed by atoms with Crippen molar-refractivity contribution >= 4 is 40.5 Å². The molecule has 1 amide bonds. The SMILES string of the molecule is O=C1NC(O)S/C1=C\c1ccnc(N[C@H]2CC[C@H](NCc3ccc4cc(F)ccc4c3)CC2)n1. The Labute approximate surface area is 201 Å². The molecule has 1 atom stereocenters. The third-order valence-corrected chi connectivity index (χ3v) is 7.09. The molecule has 7 nitrogen and oxygen atoms in total. The van der Waals surface area contributed by atoms with Crippen LogP contribution in [-0.2, 0) is 11.3 Å². The van der Waals surface area contributed by atoms with E-state index in [4.69, 9.17) is 0 Å². The molecule has 1 aromatic heterocycles. The summed E-state index contributed by atoms with van der Waals surface area (Å²) in [4.78, 5) is 21.1. The van der Waals surface area contributed by atoms with E-state index < -0.39 is 5.56 Å². The summed E-state index contributed by atoms with van der Waals surface area (Å²) in [6.45, 7) is 0.788. The number of aliphatic hydroxyl groups is 1. The molecule has 3 aromatic rings. The monoisotopic (exact) mass is 479 g/mol. The van der Waals surface area contributed by atoms with Gasteiger partial charge in [-0.25, -0.2) is 14.4 Å². The van der Waals surface area contributed by atoms with E-state index in [1.54, 1.807) is 24.4 Å². The van der Waals surface area contributed by atoms with Crippen LogP contribution in [0.3, 0.4) is 0 Å². The molecule has 9 heteroatoms. The Morgan fingerprint density at radius 3 is 2.65 bits per heavy atom. The fourth-order valence-corrected chi connectivity index (χ4v) is 5.17. The first kappa shape index (κ1) is 22.8. The molecule has 176 valence electrons. The van der Waals surface area contributed by atoms with Crippen LogP contribution < -0.4 is 16.0 Å². The lowest BCUT2D eigenvalue weighted by Gasteiger charge is -2.30. The molecule has 2 heterocycles. The number of rotatable bonds is 6. The van der Waals surface area contributed by atoms with E-state index in [9.17, 15) is 14.3 Å². The highest BCUT2D eigenvalue weighted by atomic mass is 32.2. The minimum Gasteiger partial charge on any atom is -0.364 e. The first-order valence-electron chi connectivity index (χ1n) is 11.4. The fraction of sp³-hybridized carbons (Fsp3) is 0.320. The molecule has 0 spiro atoms. The summed E-state index contributed by atoms with van der Waals surface area (Å²) in [6.07, 6.45) is 7.44. The summed E-state index contributed by atoms with van der Waals surface area (Å²) < 4.78 is 13.4. The van der Waals surface area contributed by atoms with Crippen LogP contribution in [0.2, 0.25) is 0 Å². The Bertz CT molecular complexity index is 1230. The van der Waals surface area contributed by atoms with Gasteiger partial charge in [-0.05, 0) is 72.4 Å². The van der Waals surface area contributed by atoms with Crippen LogP contribution in [-0.4, -0.2) is 38.6 Å². The Morgan fingerprint density at radius 1 is 1.09 bits per heavy atom. The molecule has 4 N–H and O–H groups in total. The van der Waals surface area contributed by atoms with Gasteiger partial charge in [0.15, 0.2) is 5.56 Å². The number of anilines is 1. The molecule has 1 aliphatic carbocycles. The van der Waals surface area contributed by atoms with Gasteiger partial charge in [0.25, 0.3) is 5.91 Å². The number of carbonyl (C=O) groups excluding carboxylic acids is 1. The highest BCUT2D eigenvalue weighted by Gasteiger charge is 2.25. The van der Waals surface area contributed by atoms with Gasteiger partial charge in [-0.1, -0.05) is 30.0 Å². The van der Waals surface area contributed by atoms with E-state index in [-0.39, 0.29) is 11.7 Å². The molecule has 1 saturated heterocycles. The van der Waals surface area contributed by atoms with Crippen molar-refractivity contribution in [2.75, 3.05) is 5.32 Å². The van der Waals surface area contributed by atoms with Crippen LogP contribution in [0.25, 0.3) is 16.8 Å². The second-order valence-corrected chi connectivity index (χ2v) is 9.78. The van der Waals surface area contributed by atoms with Gasteiger partial charge in [0.1, 0.15) is 5.82 Å². The Morgan fingerprint density at radius 2 is 1.85 bits per heavy atom. The maximum Gasteiger partial charge on any atom is 0.260 e. The molecule has 5 rings (SSSR count). The Balaban J connectivity index is 1.12. The molecule has 1 unspecified atom stereocenters. The largest absolute Gasteiger partial charge is 0.364 e. The van der Waals surface area contributed by atoms with Crippen LogP contribution in [0.15, 0.2) is 53.6 Å². The molecule has 0 bridgehead atoms. The van der Waals surface area contributed by atoms with Crippen LogP contribution in [0, 0.1) is 5.82 Å². The lowest BCUT2D eigenvalue weighted by atomic mass is 9.91. The second-order valence-electron chi connectivity index (χ2n) is 8.66. The molecular formula is C25H26FN5O2S. The highest BCUT2D eigenvalue weighted by molar-refractivity contribution is 8.05. The average Bonchev–Trinajstić information content (AvgIpc) is 3.15. The first-order chi connectivity index (χ1) is 16.5. The highest BCUT2D eigenvalue weighted by Crippen LogP contribution is 2.28. The van der Waals surface area contributed by atoms with Crippen molar-refractivity contribution < 1.29 is 14.3 Å². The molecule has 2 fully saturated rings. The van der Waals surface area contributed by atoms with Crippen molar-refractivity contribution in [2.24, 2.45) is 0 Å². The van der Waals surface area contributed by atoms with Crippen molar-refractivity contribution in [2.45, 2.75) is 49.9 Å². The van der Waals surface area contributed by atoms with Gasteiger partial charge in [-0.15, -0.1) is 0 Å². The summed E-state index contributed by atoms with van der Waals surface area (Å²) >= 11 is 1.07. The lowest BCUT2D eigenvalue weighted by molar-refractivity contribution is -0.117. The van der Waals surface area contributed by atoms with Gasteiger partial charge in [0.05, 0.1) is 10.6 Å². The number of aliphatic hydroxyl groups excluding tert-OH is 1. The van der Waals surface area contributed by atoms with Crippen LogP contribution in [0.1, 0.15) is 36.9 Å². The lowest BCUT2D eigenvalue weighted by Crippen LogP contribution is -2.36. The zero-order valence-electron chi connectivity index (χ0n) is 18.5. The minimum absolute atomic E-state index is 0.210. The number of halogens is 1. The third kappa shape index (κ3) is 5.55. The van der Waals surface area contributed by atoms with Gasteiger partial charge in [0, 0.05) is 24.8 Å². The van der Waals surface area contributed by atoms with Gasteiger partial charge < -0.3 is 21.1 Å². The summed E-state index contributed by atoms with van der Waals surface area (Å²) in [5.74, 6) is 0.0364. The minimum atomic E-state index is -0.909. The predicted octanol–water partition coefficient (Wildman–Crippen LogP) is 3.76. The van der Waals surface area contributed by atoms with E-state index in [1.807, 2.05) is 12.1 Å². The molecule has 1 aliphatic heterocycles. The number of benzene rings is 2. The van der Waals surface area contributed by atoms with Crippen molar-refractivity contribution in [1.29, 1.82) is 0 Å². The van der Waals surface area contributed by atoms with Gasteiger partial charge >= 0.3 is 0 Å². The van der Waals surface area contributed by atoms with Crippen LogP contribution >= 0.6 is 11.8 Å². The van der Waals surface area contributed by atoms with Crippen molar-refractivity contribution in [3.8, 4) is 0 Å². The number of nitrogens with zero attached hydrogens (tertiary/aromatic N) is 2. The number of nitrogens with one attached hydrogen (secondary N) is 3. The van der Waals surface area contributed by atoms with Gasteiger partial charge in [-0.3, -0.25) is 4.79 Å². The smallest absolute Gasteiger partial charge is 0.260 e. The number of amides is 1. The van der Waals surface area contributed by atoms with E-state index >= 15 is 0 Å². The van der Waals surface area contributed by atoms with E-state index in [2.05, 4.69) is 38.1 Å². The summed E-state index contributed by atoms with van der Waals surface area (Å²) in [6, 6.07) is 13.5. The van der Waals surface area contributed by atoms with Crippen LogP contribution in [0.4, 0.5) is 10.3 Å². The summed E-state index contributed by atoms with van der Waals surface area (Å²) in [5.41, 5.74) is 0.908. The molecule has 0 radical (unpaired) electrons. The average molecular weight is 480 g/mol. The first-order valence-corrected chi connectivity index (χ1v) is 12.3. The molecular weight excluding hydrogens is 453 g/mol. The number of thioether (sulfide) groups is 1. The number of fused-ring (bicyclic) bond motifs is 1. The zero-order valence-corrected chi connectivity index (χ0v) is 19.3. The maximum atomic E-state index is 13.4. The van der Waals surface area contributed by atoms with E-state index in [1.165, 1.54) is 11.6 Å². The zero-order chi connectivity index (χ0) is 23.5. The fourth-order valence-electron chi connectivity index (χ4n) is 4.41. The Kier molecular flexibility index (Phi) is 6.75. The topological polar surface area (TPSA) is 99.2 Å². The van der Waals surface area contributed by atoms with E-state index in [0.29, 0.717) is 28.6 Å². The maximum absolute atomic E-state index is 13.4. The normalized spacial score (nSPS) is 23.9. The van der Waals surface area contributed by atoms with E-state index in [0.717, 1.165) is 54.8 Å². The summed E-state index contributed by atoms with van der Waals surface area (Å²) in [5, 5.41) is 21.0. The second kappa shape index (κ2) is 10.1. The van der Waals surface area contributed by atoms with Crippen molar-refractivity contribution in [3.05, 3.63) is 70.6 Å². The quantitative estimate of drug-likeness (QED) is 0.400. The van der Waals surface area contributed by atoms with Crippen LogP contribution in [0.5, 0.6) is 0 Å². The molecule has 34 heavy (non-hydrogen) atoms. The summed E-state index contributed by atoms with van der Waals surface area (Å²) in [7, 11) is 0. The Hall–Kier alpha value is -3.01. The van der Waals surface area contributed by atoms with Gasteiger partial charge in [0.2, 0.25) is 5.95 Å². The predicted molar refractivity (Wildman–Crippen MR) is 132 cm³/mol. The molecule has 2 aromatic carbocycles. The molecule has 1 saturated carbocycles.